The van der Waals surface area contributed by atoms with Crippen LogP contribution in [0.4, 0.5) is 5.82 Å². The molecule has 29 heavy (non-hydrogen) atoms. The molecule has 0 bridgehead atoms. The summed E-state index contributed by atoms with van der Waals surface area (Å²) >= 11 is 6.12. The Hall–Kier alpha value is -3.39. The van der Waals surface area contributed by atoms with Crippen LogP contribution in [0.1, 0.15) is 10.6 Å². The zero-order valence-corrected chi connectivity index (χ0v) is 16.2. The minimum absolute atomic E-state index is 0.0868. The molecule has 4 aromatic rings. The lowest BCUT2D eigenvalue weighted by Gasteiger charge is -2.35. The highest BCUT2D eigenvalue weighted by Crippen LogP contribution is 2.26. The molecule has 0 unspecified atom stereocenters. The molecule has 1 fully saturated rings. The molecule has 0 atom stereocenters. The maximum absolute atomic E-state index is 12.5. The quantitative estimate of drug-likeness (QED) is 0.518. The van der Waals surface area contributed by atoms with E-state index in [1.54, 1.807) is 34.2 Å². The van der Waals surface area contributed by atoms with Gasteiger partial charge >= 0.3 is 0 Å². The van der Waals surface area contributed by atoms with Crippen LogP contribution in [0.15, 0.2) is 59.6 Å². The number of rotatable bonds is 3. The molecule has 4 heterocycles. The standard InChI is InChI=1S/C20H17ClN6O2/c21-14-3-1-4-15(11-14)27-19-16(12-24-27)18(22-13-23-19)25-6-8-26(9-7-25)20(28)17-5-2-10-29-17/h1-5,10-13H,6-9H2. The number of carbonyl (C=O) groups is 1. The van der Waals surface area contributed by atoms with Gasteiger partial charge in [-0.2, -0.15) is 5.10 Å². The highest BCUT2D eigenvalue weighted by Gasteiger charge is 2.26. The van der Waals surface area contributed by atoms with Crippen LogP contribution in [0.5, 0.6) is 0 Å². The van der Waals surface area contributed by atoms with E-state index < -0.39 is 0 Å². The van der Waals surface area contributed by atoms with Crippen LogP contribution in [0.2, 0.25) is 5.02 Å². The molecule has 0 N–H and O–H groups in total. The first-order chi connectivity index (χ1) is 14.2. The number of hydrogen-bond donors (Lipinski definition) is 0. The van der Waals surface area contributed by atoms with Gasteiger partial charge in [0.05, 0.1) is 23.5 Å². The molecular formula is C20H17ClN6O2. The van der Waals surface area contributed by atoms with Crippen molar-refractivity contribution in [3.8, 4) is 5.69 Å². The molecule has 1 saturated heterocycles. The average molecular weight is 409 g/mol. The van der Waals surface area contributed by atoms with Gasteiger partial charge < -0.3 is 14.2 Å². The lowest BCUT2D eigenvalue weighted by molar-refractivity contribution is 0.0714. The van der Waals surface area contributed by atoms with Gasteiger partial charge in [0.2, 0.25) is 0 Å². The van der Waals surface area contributed by atoms with Crippen molar-refractivity contribution in [2.75, 3.05) is 31.1 Å². The summed E-state index contributed by atoms with van der Waals surface area (Å²) in [5, 5.41) is 5.99. The Morgan fingerprint density at radius 1 is 1.07 bits per heavy atom. The molecule has 0 radical (unpaired) electrons. The first-order valence-corrected chi connectivity index (χ1v) is 9.61. The van der Waals surface area contributed by atoms with Gasteiger partial charge in [0, 0.05) is 31.2 Å². The molecule has 0 saturated carbocycles. The Morgan fingerprint density at radius 3 is 2.69 bits per heavy atom. The second kappa shape index (κ2) is 7.21. The molecule has 1 aromatic carbocycles. The number of amides is 1. The van der Waals surface area contributed by atoms with E-state index in [-0.39, 0.29) is 5.91 Å². The van der Waals surface area contributed by atoms with Crippen LogP contribution >= 0.6 is 11.6 Å². The number of piperazine rings is 1. The number of carbonyl (C=O) groups excluding carboxylic acids is 1. The number of aromatic nitrogens is 4. The third kappa shape index (κ3) is 3.21. The fourth-order valence-electron chi connectivity index (χ4n) is 3.56. The lowest BCUT2D eigenvalue weighted by atomic mass is 10.2. The average Bonchev–Trinajstić information content (AvgIpc) is 3.43. The maximum Gasteiger partial charge on any atom is 0.289 e. The van der Waals surface area contributed by atoms with E-state index >= 15 is 0 Å². The first-order valence-electron chi connectivity index (χ1n) is 9.23. The SMILES string of the molecule is O=C(c1ccco1)N1CCN(c2ncnc3c2cnn3-c2cccc(Cl)c2)CC1. The number of anilines is 1. The summed E-state index contributed by atoms with van der Waals surface area (Å²) < 4.78 is 6.98. The normalized spacial score (nSPS) is 14.5. The summed E-state index contributed by atoms with van der Waals surface area (Å²) in [7, 11) is 0. The van der Waals surface area contributed by atoms with Crippen molar-refractivity contribution in [3.05, 3.63) is 66.0 Å². The van der Waals surface area contributed by atoms with Crippen LogP contribution in [0, 0.1) is 0 Å². The Balaban J connectivity index is 1.40. The van der Waals surface area contributed by atoms with E-state index in [0.29, 0.717) is 42.6 Å². The Morgan fingerprint density at radius 2 is 1.93 bits per heavy atom. The second-order valence-electron chi connectivity index (χ2n) is 6.73. The number of hydrogen-bond acceptors (Lipinski definition) is 6. The van der Waals surface area contributed by atoms with Crippen LogP contribution in [0.25, 0.3) is 16.7 Å². The molecule has 1 aliphatic heterocycles. The topological polar surface area (TPSA) is 80.3 Å². The summed E-state index contributed by atoms with van der Waals surface area (Å²) in [4.78, 5) is 25.3. The van der Waals surface area contributed by atoms with Crippen molar-refractivity contribution in [3.63, 3.8) is 0 Å². The second-order valence-corrected chi connectivity index (χ2v) is 7.16. The summed E-state index contributed by atoms with van der Waals surface area (Å²) in [5.74, 6) is 1.09. The van der Waals surface area contributed by atoms with Crippen LogP contribution in [-0.2, 0) is 0 Å². The molecule has 1 aliphatic rings. The van der Waals surface area contributed by atoms with Crippen LogP contribution in [0.3, 0.4) is 0 Å². The zero-order chi connectivity index (χ0) is 19.8. The number of furan rings is 1. The molecule has 146 valence electrons. The minimum Gasteiger partial charge on any atom is -0.459 e. The van der Waals surface area contributed by atoms with Gasteiger partial charge in [0.25, 0.3) is 5.91 Å². The monoisotopic (exact) mass is 408 g/mol. The summed E-state index contributed by atoms with van der Waals surface area (Å²) in [6, 6.07) is 10.9. The third-order valence-corrected chi connectivity index (χ3v) is 5.23. The Bertz CT molecular complexity index is 1160. The van der Waals surface area contributed by atoms with E-state index in [1.807, 2.05) is 24.3 Å². The molecule has 1 amide bonds. The fourth-order valence-corrected chi connectivity index (χ4v) is 3.74. The van der Waals surface area contributed by atoms with E-state index in [0.717, 1.165) is 16.9 Å². The predicted octanol–water partition coefficient (Wildman–Crippen LogP) is 3.02. The van der Waals surface area contributed by atoms with E-state index in [2.05, 4.69) is 20.0 Å². The van der Waals surface area contributed by atoms with Crippen molar-refractivity contribution >= 4 is 34.4 Å². The first kappa shape index (κ1) is 17.7. The highest BCUT2D eigenvalue weighted by atomic mass is 35.5. The van der Waals surface area contributed by atoms with Crippen LogP contribution in [-0.4, -0.2) is 56.7 Å². The maximum atomic E-state index is 12.5. The summed E-state index contributed by atoms with van der Waals surface area (Å²) in [5.41, 5.74) is 1.55. The number of halogens is 1. The highest BCUT2D eigenvalue weighted by molar-refractivity contribution is 6.30. The molecule has 0 spiro atoms. The largest absolute Gasteiger partial charge is 0.459 e. The Labute approximate surface area is 171 Å². The fraction of sp³-hybridized carbons (Fsp3) is 0.200. The van der Waals surface area contributed by atoms with Gasteiger partial charge in [-0.3, -0.25) is 4.79 Å². The van der Waals surface area contributed by atoms with E-state index in [1.165, 1.54) is 6.26 Å². The zero-order valence-electron chi connectivity index (χ0n) is 15.4. The van der Waals surface area contributed by atoms with Gasteiger partial charge in [-0.1, -0.05) is 17.7 Å². The van der Waals surface area contributed by atoms with Gasteiger partial charge in [-0.15, -0.1) is 0 Å². The third-order valence-electron chi connectivity index (χ3n) is 5.00. The summed E-state index contributed by atoms with van der Waals surface area (Å²) in [6.45, 7) is 2.52. The van der Waals surface area contributed by atoms with Crippen molar-refractivity contribution in [2.24, 2.45) is 0 Å². The molecule has 3 aromatic heterocycles. The van der Waals surface area contributed by atoms with Crippen molar-refractivity contribution in [2.45, 2.75) is 0 Å². The molecule has 5 rings (SSSR count). The molecule has 0 aliphatic carbocycles. The number of nitrogens with zero attached hydrogens (tertiary/aromatic N) is 6. The Kier molecular flexibility index (Phi) is 4.40. The number of benzene rings is 1. The van der Waals surface area contributed by atoms with Crippen LogP contribution < -0.4 is 4.90 Å². The van der Waals surface area contributed by atoms with Crippen molar-refractivity contribution < 1.29 is 9.21 Å². The minimum atomic E-state index is -0.0868. The van der Waals surface area contributed by atoms with Gasteiger partial charge in [-0.25, -0.2) is 14.6 Å². The lowest BCUT2D eigenvalue weighted by Crippen LogP contribution is -2.49. The summed E-state index contributed by atoms with van der Waals surface area (Å²) in [6.07, 6.45) is 4.82. The smallest absolute Gasteiger partial charge is 0.289 e. The molecular weight excluding hydrogens is 392 g/mol. The molecule has 9 heteroatoms. The van der Waals surface area contributed by atoms with Gasteiger partial charge in [0.1, 0.15) is 12.1 Å². The van der Waals surface area contributed by atoms with Gasteiger partial charge in [0.15, 0.2) is 11.4 Å². The van der Waals surface area contributed by atoms with Crippen molar-refractivity contribution in [1.29, 1.82) is 0 Å². The van der Waals surface area contributed by atoms with E-state index in [4.69, 9.17) is 16.0 Å². The predicted molar refractivity (Wildman–Crippen MR) is 108 cm³/mol. The van der Waals surface area contributed by atoms with E-state index in [9.17, 15) is 4.79 Å². The van der Waals surface area contributed by atoms with Gasteiger partial charge in [-0.05, 0) is 30.3 Å². The molecule has 8 nitrogen and oxygen atoms in total. The number of fused-ring (bicyclic) bond motifs is 1. The van der Waals surface area contributed by atoms with Crippen molar-refractivity contribution in [1.82, 2.24) is 24.6 Å².